The highest BCUT2D eigenvalue weighted by atomic mass is 19.3. The third-order valence-electron chi connectivity index (χ3n) is 2.04. The van der Waals surface area contributed by atoms with Gasteiger partial charge in [-0.05, 0) is 19.1 Å². The Kier molecular flexibility index (Phi) is 3.82. The van der Waals surface area contributed by atoms with Gasteiger partial charge in [0.25, 0.3) is 0 Å². The van der Waals surface area contributed by atoms with Crippen LogP contribution in [0.3, 0.4) is 0 Å². The van der Waals surface area contributed by atoms with Gasteiger partial charge in [-0.1, -0.05) is 12.1 Å². The lowest BCUT2D eigenvalue weighted by molar-refractivity contribution is 0.0167. The van der Waals surface area contributed by atoms with Crippen molar-refractivity contribution >= 4 is 11.7 Å². The fraction of sp³-hybridized carbons (Fsp3) is 0.364. The van der Waals surface area contributed by atoms with Gasteiger partial charge < -0.3 is 10.4 Å². The summed E-state index contributed by atoms with van der Waals surface area (Å²) in [6, 6.07) is 6.22. The first kappa shape index (κ1) is 12.4. The van der Waals surface area contributed by atoms with Crippen molar-refractivity contribution in [2.75, 3.05) is 11.9 Å². The zero-order chi connectivity index (χ0) is 12.2. The van der Waals surface area contributed by atoms with Crippen LogP contribution in [-0.4, -0.2) is 23.5 Å². The minimum absolute atomic E-state index is 0.0355. The topological polar surface area (TPSA) is 49.3 Å². The second kappa shape index (κ2) is 4.92. The Hall–Kier alpha value is -1.65. The Labute approximate surface area is 92.1 Å². The van der Waals surface area contributed by atoms with E-state index in [4.69, 9.17) is 5.11 Å². The molecule has 88 valence electrons. The summed E-state index contributed by atoms with van der Waals surface area (Å²) in [6.07, 6.45) is -0.332. The van der Waals surface area contributed by atoms with Crippen molar-refractivity contribution in [1.82, 2.24) is 0 Å². The van der Waals surface area contributed by atoms with Crippen LogP contribution in [0.5, 0.6) is 0 Å². The quantitative estimate of drug-likeness (QED) is 0.816. The molecule has 1 aromatic rings. The van der Waals surface area contributed by atoms with Gasteiger partial charge in [-0.15, -0.1) is 0 Å². The molecule has 0 amide bonds. The van der Waals surface area contributed by atoms with Crippen LogP contribution in [0.1, 0.15) is 23.7 Å². The highest BCUT2D eigenvalue weighted by Crippen LogP contribution is 2.19. The minimum atomic E-state index is -2.74. The van der Waals surface area contributed by atoms with Gasteiger partial charge in [-0.3, -0.25) is 0 Å². The zero-order valence-electron chi connectivity index (χ0n) is 8.84. The van der Waals surface area contributed by atoms with E-state index in [-0.39, 0.29) is 18.5 Å². The second-order valence-electron chi connectivity index (χ2n) is 3.60. The van der Waals surface area contributed by atoms with Crippen LogP contribution in [-0.2, 0) is 0 Å². The number of carboxylic acid groups (broad SMARTS) is 1. The fourth-order valence-corrected chi connectivity index (χ4v) is 1.24. The first-order valence-electron chi connectivity index (χ1n) is 4.84. The number of para-hydroxylation sites is 1. The van der Waals surface area contributed by atoms with Crippen LogP contribution in [0.15, 0.2) is 24.3 Å². The number of anilines is 1. The lowest BCUT2D eigenvalue weighted by Crippen LogP contribution is -2.17. The molecular formula is C11H13F2NO2. The molecule has 0 fully saturated rings. The molecule has 2 N–H and O–H groups in total. The van der Waals surface area contributed by atoms with Gasteiger partial charge >= 0.3 is 5.97 Å². The smallest absolute Gasteiger partial charge is 0.337 e. The predicted molar refractivity (Wildman–Crippen MR) is 57.1 cm³/mol. The number of rotatable bonds is 5. The molecule has 0 saturated carbocycles. The van der Waals surface area contributed by atoms with Gasteiger partial charge in [0.2, 0.25) is 5.92 Å². The molecule has 0 saturated heterocycles. The molecule has 5 heteroatoms. The van der Waals surface area contributed by atoms with E-state index in [0.29, 0.717) is 5.69 Å². The Morgan fingerprint density at radius 1 is 1.44 bits per heavy atom. The molecule has 0 unspecified atom stereocenters. The number of aromatic carboxylic acids is 1. The summed E-state index contributed by atoms with van der Waals surface area (Å²) < 4.78 is 25.1. The molecule has 0 spiro atoms. The summed E-state index contributed by atoms with van der Waals surface area (Å²) in [6.45, 7) is 0.867. The van der Waals surface area contributed by atoms with E-state index in [9.17, 15) is 13.6 Å². The van der Waals surface area contributed by atoms with Crippen molar-refractivity contribution in [2.24, 2.45) is 0 Å². The number of benzene rings is 1. The van der Waals surface area contributed by atoms with Gasteiger partial charge in [0.1, 0.15) is 0 Å². The van der Waals surface area contributed by atoms with Gasteiger partial charge in [0.15, 0.2) is 0 Å². The van der Waals surface area contributed by atoms with Crippen LogP contribution >= 0.6 is 0 Å². The van der Waals surface area contributed by atoms with Crippen molar-refractivity contribution in [1.29, 1.82) is 0 Å². The molecule has 0 aromatic heterocycles. The molecule has 1 aromatic carbocycles. The lowest BCUT2D eigenvalue weighted by atomic mass is 10.1. The molecule has 0 aliphatic rings. The van der Waals surface area contributed by atoms with Crippen LogP contribution in [0.25, 0.3) is 0 Å². The number of nitrogens with one attached hydrogen (secondary N) is 1. The average molecular weight is 229 g/mol. The third kappa shape index (κ3) is 3.84. The maximum Gasteiger partial charge on any atom is 0.337 e. The van der Waals surface area contributed by atoms with Gasteiger partial charge in [-0.2, -0.15) is 0 Å². The SMILES string of the molecule is CC(F)(F)CCNc1ccccc1C(=O)O. The fourth-order valence-electron chi connectivity index (χ4n) is 1.24. The Morgan fingerprint density at radius 2 is 2.06 bits per heavy atom. The summed E-state index contributed by atoms with van der Waals surface area (Å²) >= 11 is 0. The first-order chi connectivity index (χ1) is 7.40. The largest absolute Gasteiger partial charge is 0.478 e. The molecule has 0 aliphatic heterocycles. The highest BCUT2D eigenvalue weighted by molar-refractivity contribution is 5.94. The summed E-state index contributed by atoms with van der Waals surface area (Å²) in [7, 11) is 0. The third-order valence-corrected chi connectivity index (χ3v) is 2.04. The van der Waals surface area contributed by atoms with Crippen molar-refractivity contribution in [2.45, 2.75) is 19.3 Å². The predicted octanol–water partition coefficient (Wildman–Crippen LogP) is 2.84. The zero-order valence-corrected chi connectivity index (χ0v) is 8.84. The maximum atomic E-state index is 12.5. The molecule has 0 atom stereocenters. The van der Waals surface area contributed by atoms with E-state index in [0.717, 1.165) is 6.92 Å². The highest BCUT2D eigenvalue weighted by Gasteiger charge is 2.20. The molecule has 0 bridgehead atoms. The number of hydrogen-bond acceptors (Lipinski definition) is 2. The Bertz CT molecular complexity index is 374. The van der Waals surface area contributed by atoms with E-state index < -0.39 is 11.9 Å². The number of halogens is 2. The molecule has 0 aliphatic carbocycles. The second-order valence-corrected chi connectivity index (χ2v) is 3.60. The number of alkyl halides is 2. The Morgan fingerprint density at radius 3 is 2.62 bits per heavy atom. The summed E-state index contributed by atoms with van der Waals surface area (Å²) in [4.78, 5) is 10.8. The molecule has 1 rings (SSSR count). The normalized spacial score (nSPS) is 11.2. The summed E-state index contributed by atoms with van der Waals surface area (Å²) in [5.41, 5.74) is 0.446. The van der Waals surface area contributed by atoms with Crippen molar-refractivity contribution in [3.8, 4) is 0 Å². The minimum Gasteiger partial charge on any atom is -0.478 e. The lowest BCUT2D eigenvalue weighted by Gasteiger charge is -2.12. The van der Waals surface area contributed by atoms with Gasteiger partial charge in [0, 0.05) is 18.7 Å². The molecule has 0 radical (unpaired) electrons. The average Bonchev–Trinajstić information content (AvgIpc) is 2.16. The molecule has 0 heterocycles. The Balaban J connectivity index is 2.64. The van der Waals surface area contributed by atoms with E-state index in [2.05, 4.69) is 5.32 Å². The molecule has 3 nitrogen and oxygen atoms in total. The van der Waals surface area contributed by atoms with Gasteiger partial charge in [0.05, 0.1) is 5.56 Å². The van der Waals surface area contributed by atoms with Crippen LogP contribution in [0, 0.1) is 0 Å². The number of carbonyl (C=O) groups is 1. The summed E-state index contributed by atoms with van der Waals surface area (Å²) in [5.74, 6) is -3.82. The number of carboxylic acids is 1. The number of hydrogen-bond donors (Lipinski definition) is 2. The molecular weight excluding hydrogens is 216 g/mol. The standard InChI is InChI=1S/C11H13F2NO2/c1-11(12,13)6-7-14-9-5-3-2-4-8(9)10(15)16/h2-5,14H,6-7H2,1H3,(H,15,16). The van der Waals surface area contributed by atoms with E-state index >= 15 is 0 Å². The maximum absolute atomic E-state index is 12.5. The van der Waals surface area contributed by atoms with Crippen LogP contribution in [0.4, 0.5) is 14.5 Å². The van der Waals surface area contributed by atoms with E-state index in [1.54, 1.807) is 18.2 Å². The molecule has 16 heavy (non-hydrogen) atoms. The van der Waals surface area contributed by atoms with Crippen molar-refractivity contribution < 1.29 is 18.7 Å². The van der Waals surface area contributed by atoms with Crippen molar-refractivity contribution in [3.05, 3.63) is 29.8 Å². The first-order valence-corrected chi connectivity index (χ1v) is 4.84. The van der Waals surface area contributed by atoms with Crippen LogP contribution in [0.2, 0.25) is 0 Å². The van der Waals surface area contributed by atoms with Crippen molar-refractivity contribution in [3.63, 3.8) is 0 Å². The summed E-state index contributed by atoms with van der Waals surface area (Å²) in [5, 5.41) is 11.5. The van der Waals surface area contributed by atoms with Crippen LogP contribution < -0.4 is 5.32 Å². The monoisotopic (exact) mass is 229 g/mol. The van der Waals surface area contributed by atoms with E-state index in [1.165, 1.54) is 6.07 Å². The van der Waals surface area contributed by atoms with Gasteiger partial charge in [-0.25, -0.2) is 13.6 Å². The van der Waals surface area contributed by atoms with E-state index in [1.807, 2.05) is 0 Å².